The average molecular weight is 541 g/mol. The van der Waals surface area contributed by atoms with Crippen LogP contribution in [0.5, 0.6) is 0 Å². The van der Waals surface area contributed by atoms with Crippen molar-refractivity contribution in [3.63, 3.8) is 0 Å². The second-order valence-electron chi connectivity index (χ2n) is 9.43. The summed E-state index contributed by atoms with van der Waals surface area (Å²) in [6.07, 6.45) is 6.63. The number of carbonyl (C=O) groups is 1. The molecule has 0 aliphatic carbocycles. The van der Waals surface area contributed by atoms with Crippen LogP contribution >= 0.6 is 0 Å². The number of aryl methyl sites for hydroxylation is 1. The van der Waals surface area contributed by atoms with E-state index in [1.807, 2.05) is 43.3 Å². The Kier molecular flexibility index (Phi) is 6.45. The zero-order chi connectivity index (χ0) is 28.5. The van der Waals surface area contributed by atoms with E-state index < -0.39 is 11.9 Å². The average Bonchev–Trinajstić information content (AvgIpc) is 3.32. The first kappa shape index (κ1) is 25.5. The van der Waals surface area contributed by atoms with Gasteiger partial charge in [-0.25, -0.2) is 14.5 Å². The fourth-order valence-electron chi connectivity index (χ4n) is 4.65. The van der Waals surface area contributed by atoms with Gasteiger partial charge in [-0.1, -0.05) is 36.1 Å². The smallest absolute Gasteiger partial charge is 0.267 e. The molecule has 6 aromatic rings. The number of amides is 1. The highest BCUT2D eigenvalue weighted by Gasteiger charge is 2.24. The number of fused-ring (bicyclic) bond motifs is 2. The first-order valence-corrected chi connectivity index (χ1v) is 12.9. The van der Waals surface area contributed by atoms with E-state index in [0.717, 1.165) is 11.1 Å². The van der Waals surface area contributed by atoms with Gasteiger partial charge in [0.05, 0.1) is 22.6 Å². The number of nitrogens with two attached hydrogens (primary N) is 1. The maximum Gasteiger partial charge on any atom is 0.267 e. The summed E-state index contributed by atoms with van der Waals surface area (Å²) in [7, 11) is 0. The van der Waals surface area contributed by atoms with Crippen LogP contribution in [0.25, 0.3) is 22.2 Å². The predicted molar refractivity (Wildman–Crippen MR) is 156 cm³/mol. The fraction of sp³-hybridized carbons (Fsp3) is 0.0968. The number of hydrogen-bond acceptors (Lipinski definition) is 7. The molecule has 10 nitrogen and oxygen atoms in total. The first-order valence-electron chi connectivity index (χ1n) is 12.9. The van der Waals surface area contributed by atoms with Gasteiger partial charge in [0, 0.05) is 35.9 Å². The summed E-state index contributed by atoms with van der Waals surface area (Å²) in [5.74, 6) is 6.19. The van der Waals surface area contributed by atoms with Gasteiger partial charge < -0.3 is 11.1 Å². The molecule has 1 atom stereocenters. The van der Waals surface area contributed by atoms with Crippen molar-refractivity contribution in [3.8, 4) is 17.5 Å². The Morgan fingerprint density at radius 2 is 1.80 bits per heavy atom. The summed E-state index contributed by atoms with van der Waals surface area (Å²) in [5.41, 5.74) is 9.61. The molecular weight excluding hydrogens is 516 g/mol. The number of hydrogen-bond donors (Lipinski definition) is 2. The lowest BCUT2D eigenvalue weighted by molar-refractivity contribution is 0.0940. The number of nitrogens with one attached hydrogen (secondary N) is 1. The van der Waals surface area contributed by atoms with Crippen molar-refractivity contribution in [1.29, 1.82) is 0 Å². The molecule has 0 aliphatic rings. The van der Waals surface area contributed by atoms with E-state index in [9.17, 15) is 9.59 Å². The normalized spacial score (nSPS) is 11.7. The molecule has 10 heteroatoms. The maximum atomic E-state index is 14.2. The van der Waals surface area contributed by atoms with Crippen molar-refractivity contribution in [2.75, 3.05) is 5.73 Å². The zero-order valence-corrected chi connectivity index (χ0v) is 22.2. The number of benzene rings is 2. The summed E-state index contributed by atoms with van der Waals surface area (Å²) in [6, 6.07) is 17.4. The summed E-state index contributed by atoms with van der Waals surface area (Å²) < 4.78 is 2.95. The van der Waals surface area contributed by atoms with E-state index in [1.165, 1.54) is 9.08 Å². The minimum absolute atomic E-state index is 0.0485. The lowest BCUT2D eigenvalue weighted by atomic mass is 10.1. The van der Waals surface area contributed by atoms with Gasteiger partial charge in [-0.15, -0.1) is 5.10 Å². The SMILES string of the molecule is Cc1ccncc1C#Cc1cccc2nc([C@@H](C)NC(=O)c3c(N)nn4cccnc34)n(-c3ccccc3)c(=O)c12. The van der Waals surface area contributed by atoms with Gasteiger partial charge in [0.25, 0.3) is 11.5 Å². The molecule has 4 aromatic heterocycles. The molecule has 200 valence electrons. The third-order valence-corrected chi connectivity index (χ3v) is 6.69. The van der Waals surface area contributed by atoms with Gasteiger partial charge in [0.1, 0.15) is 11.4 Å². The third kappa shape index (κ3) is 4.66. The molecule has 0 fully saturated rings. The van der Waals surface area contributed by atoms with Crippen molar-refractivity contribution >= 4 is 28.3 Å². The lowest BCUT2D eigenvalue weighted by Gasteiger charge is -2.20. The summed E-state index contributed by atoms with van der Waals surface area (Å²) in [6.45, 7) is 3.71. The second kappa shape index (κ2) is 10.4. The Bertz CT molecular complexity index is 2070. The Labute approximate surface area is 234 Å². The number of para-hydroxylation sites is 1. The fourth-order valence-corrected chi connectivity index (χ4v) is 4.65. The Morgan fingerprint density at radius 3 is 2.61 bits per heavy atom. The van der Waals surface area contributed by atoms with E-state index in [1.54, 1.807) is 56.0 Å². The third-order valence-electron chi connectivity index (χ3n) is 6.69. The van der Waals surface area contributed by atoms with Gasteiger partial charge >= 0.3 is 0 Å². The van der Waals surface area contributed by atoms with Crippen LogP contribution in [0.1, 0.15) is 45.8 Å². The predicted octanol–water partition coefficient (Wildman–Crippen LogP) is 3.60. The Balaban J connectivity index is 1.48. The number of pyridine rings is 1. The number of anilines is 1. The Morgan fingerprint density at radius 1 is 1.00 bits per heavy atom. The van der Waals surface area contributed by atoms with Crippen LogP contribution in [0.3, 0.4) is 0 Å². The first-order chi connectivity index (χ1) is 19.9. The van der Waals surface area contributed by atoms with Crippen molar-refractivity contribution in [2.45, 2.75) is 19.9 Å². The molecule has 0 spiro atoms. The van der Waals surface area contributed by atoms with Crippen LogP contribution < -0.4 is 16.6 Å². The molecule has 3 N–H and O–H groups in total. The van der Waals surface area contributed by atoms with Crippen LogP contribution in [0.15, 0.2) is 90.2 Å². The van der Waals surface area contributed by atoms with Crippen LogP contribution in [-0.4, -0.2) is 35.0 Å². The lowest BCUT2D eigenvalue weighted by Crippen LogP contribution is -2.33. The van der Waals surface area contributed by atoms with Crippen LogP contribution in [0.2, 0.25) is 0 Å². The van der Waals surface area contributed by atoms with E-state index in [4.69, 9.17) is 10.7 Å². The molecule has 6 rings (SSSR count). The van der Waals surface area contributed by atoms with Gasteiger partial charge in [-0.05, 0) is 55.8 Å². The van der Waals surface area contributed by atoms with Crippen LogP contribution in [0.4, 0.5) is 5.82 Å². The number of nitrogen functional groups attached to an aromatic ring is 1. The number of rotatable bonds is 4. The highest BCUT2D eigenvalue weighted by Crippen LogP contribution is 2.22. The molecule has 41 heavy (non-hydrogen) atoms. The van der Waals surface area contributed by atoms with Gasteiger partial charge in [0.15, 0.2) is 11.5 Å². The molecule has 0 aliphatic heterocycles. The van der Waals surface area contributed by atoms with Crippen LogP contribution in [0, 0.1) is 18.8 Å². The quantitative estimate of drug-likeness (QED) is 0.326. The van der Waals surface area contributed by atoms with Crippen LogP contribution in [-0.2, 0) is 0 Å². The monoisotopic (exact) mass is 540 g/mol. The van der Waals surface area contributed by atoms with Gasteiger partial charge in [-0.3, -0.25) is 19.1 Å². The molecule has 1 amide bonds. The van der Waals surface area contributed by atoms with Gasteiger partial charge in [0.2, 0.25) is 0 Å². The highest BCUT2D eigenvalue weighted by molar-refractivity contribution is 6.04. The van der Waals surface area contributed by atoms with E-state index in [0.29, 0.717) is 33.6 Å². The molecule has 2 aromatic carbocycles. The minimum atomic E-state index is -0.689. The Hall–Kier alpha value is -5.82. The molecular formula is C31H24N8O2. The molecule has 0 radical (unpaired) electrons. The molecule has 0 saturated carbocycles. The largest absolute Gasteiger partial charge is 0.381 e. The number of carbonyl (C=O) groups excluding carboxylic acids is 1. The highest BCUT2D eigenvalue weighted by atomic mass is 16.2. The summed E-state index contributed by atoms with van der Waals surface area (Å²) in [5, 5.41) is 7.48. The standard InChI is InChI=1S/C31H24N8O2/c1-19-14-16-33-18-22(19)13-12-21-8-6-11-24-25(21)31(41)39(23-9-4-3-5-10-23)28(36-24)20(2)35-30(40)26-27(32)37-38-17-7-15-34-29(26)38/h3-11,14-18,20H,1-2H3,(H2,32,37)(H,35,40)/t20-/m1/s1. The van der Waals surface area contributed by atoms with Crippen molar-refractivity contribution < 1.29 is 4.79 Å². The number of aromatic nitrogens is 6. The van der Waals surface area contributed by atoms with E-state index in [-0.39, 0.29) is 16.9 Å². The second-order valence-corrected chi connectivity index (χ2v) is 9.43. The van der Waals surface area contributed by atoms with Crippen molar-refractivity contribution in [3.05, 3.63) is 124 Å². The topological polar surface area (TPSA) is 133 Å². The molecule has 0 saturated heterocycles. The maximum absolute atomic E-state index is 14.2. The molecule has 0 unspecified atom stereocenters. The minimum Gasteiger partial charge on any atom is -0.381 e. The van der Waals surface area contributed by atoms with E-state index >= 15 is 0 Å². The van der Waals surface area contributed by atoms with Crippen molar-refractivity contribution in [2.24, 2.45) is 0 Å². The molecule has 0 bridgehead atoms. The number of nitrogens with zero attached hydrogens (tertiary/aromatic N) is 6. The summed E-state index contributed by atoms with van der Waals surface area (Å²) >= 11 is 0. The van der Waals surface area contributed by atoms with Gasteiger partial charge in [-0.2, -0.15) is 0 Å². The van der Waals surface area contributed by atoms with E-state index in [2.05, 4.69) is 32.2 Å². The molecule has 4 heterocycles. The zero-order valence-electron chi connectivity index (χ0n) is 22.2. The van der Waals surface area contributed by atoms with Crippen molar-refractivity contribution in [1.82, 2.24) is 34.4 Å². The summed E-state index contributed by atoms with van der Waals surface area (Å²) in [4.78, 5) is 40.9.